The Morgan fingerprint density at radius 2 is 1.86 bits per heavy atom. The molecule has 22 heavy (non-hydrogen) atoms. The van der Waals surface area contributed by atoms with Gasteiger partial charge in [-0.3, -0.25) is 0 Å². The van der Waals surface area contributed by atoms with Crippen molar-refractivity contribution in [3.05, 3.63) is 29.3 Å². The molecule has 1 aliphatic rings. The molecule has 4 N–H and O–H groups in total. The Labute approximate surface area is 143 Å². The maximum absolute atomic E-state index is 13.2. The fourth-order valence-electron chi connectivity index (χ4n) is 2.16. The Bertz CT molecular complexity index is 527. The summed E-state index contributed by atoms with van der Waals surface area (Å²) in [4.78, 5) is 5.51. The second-order valence-electron chi connectivity index (χ2n) is 4.68. The first-order valence-electron chi connectivity index (χ1n) is 6.46. The highest BCUT2D eigenvalue weighted by molar-refractivity contribution is 14.0. The summed E-state index contributed by atoms with van der Waals surface area (Å²) in [5.74, 6) is -0.236. The predicted octanol–water partition coefficient (Wildman–Crippen LogP) is 1.93. The van der Waals surface area contributed by atoms with E-state index in [-0.39, 0.29) is 42.0 Å². The van der Waals surface area contributed by atoms with E-state index >= 15 is 0 Å². The van der Waals surface area contributed by atoms with Gasteiger partial charge in [0, 0.05) is 18.8 Å². The van der Waals surface area contributed by atoms with Crippen molar-refractivity contribution in [2.45, 2.75) is 12.7 Å². The van der Waals surface area contributed by atoms with Gasteiger partial charge < -0.3 is 21.1 Å². The van der Waals surface area contributed by atoms with Crippen LogP contribution in [0.2, 0.25) is 0 Å². The third-order valence-corrected chi connectivity index (χ3v) is 3.21. The first kappa shape index (κ1) is 18.8. The standard InChI is InChI=1S/C13H17F3N4O.HI/c14-13(15,16)11-7-10(20-3-5-21-6-4-20)2-1-9(11)8-19-12(17)18;/h1-2,7H,3-6,8H2,(H4,17,18,19);1H. The molecule has 0 radical (unpaired) electrons. The average Bonchev–Trinajstić information content (AvgIpc) is 2.45. The molecular formula is C13H18F3IN4O. The number of nitrogens with zero attached hydrogens (tertiary/aromatic N) is 2. The number of nitrogens with two attached hydrogens (primary N) is 2. The van der Waals surface area contributed by atoms with Gasteiger partial charge in [0.15, 0.2) is 5.96 Å². The lowest BCUT2D eigenvalue weighted by atomic mass is 10.1. The van der Waals surface area contributed by atoms with Crippen molar-refractivity contribution in [2.75, 3.05) is 31.2 Å². The van der Waals surface area contributed by atoms with Gasteiger partial charge >= 0.3 is 6.18 Å². The quantitative estimate of drug-likeness (QED) is 0.437. The van der Waals surface area contributed by atoms with Crippen LogP contribution >= 0.6 is 24.0 Å². The summed E-state index contributed by atoms with van der Waals surface area (Å²) >= 11 is 0. The molecule has 0 unspecified atom stereocenters. The molecule has 1 aromatic carbocycles. The Kier molecular flexibility index (Phi) is 6.72. The average molecular weight is 430 g/mol. The molecule has 5 nitrogen and oxygen atoms in total. The maximum Gasteiger partial charge on any atom is 0.416 e. The van der Waals surface area contributed by atoms with Gasteiger partial charge in [-0.15, -0.1) is 24.0 Å². The fraction of sp³-hybridized carbons (Fsp3) is 0.462. The Balaban J connectivity index is 0.00000242. The van der Waals surface area contributed by atoms with Crippen LogP contribution in [0.3, 0.4) is 0 Å². The topological polar surface area (TPSA) is 76.9 Å². The smallest absolute Gasteiger partial charge is 0.378 e. The normalized spacial score (nSPS) is 15.1. The van der Waals surface area contributed by atoms with E-state index in [0.29, 0.717) is 32.0 Å². The summed E-state index contributed by atoms with van der Waals surface area (Å²) in [5.41, 5.74) is 10.2. The monoisotopic (exact) mass is 430 g/mol. The molecule has 0 bridgehead atoms. The number of alkyl halides is 3. The highest BCUT2D eigenvalue weighted by Crippen LogP contribution is 2.35. The van der Waals surface area contributed by atoms with Crippen LogP contribution in [0.15, 0.2) is 23.2 Å². The molecular weight excluding hydrogens is 412 g/mol. The fourth-order valence-corrected chi connectivity index (χ4v) is 2.16. The van der Waals surface area contributed by atoms with Crippen LogP contribution in [0.1, 0.15) is 11.1 Å². The van der Waals surface area contributed by atoms with Crippen molar-refractivity contribution < 1.29 is 17.9 Å². The molecule has 9 heteroatoms. The molecule has 0 amide bonds. The third kappa shape index (κ3) is 4.90. The summed E-state index contributed by atoms with van der Waals surface area (Å²) in [6.07, 6.45) is -4.45. The van der Waals surface area contributed by atoms with Gasteiger partial charge in [-0.1, -0.05) is 6.07 Å². The zero-order chi connectivity index (χ0) is 15.5. The zero-order valence-corrected chi connectivity index (χ0v) is 14.1. The zero-order valence-electron chi connectivity index (χ0n) is 11.8. The van der Waals surface area contributed by atoms with Crippen molar-refractivity contribution in [3.63, 3.8) is 0 Å². The number of hydrogen-bond donors (Lipinski definition) is 2. The van der Waals surface area contributed by atoms with E-state index in [4.69, 9.17) is 16.2 Å². The number of ether oxygens (including phenoxy) is 1. The van der Waals surface area contributed by atoms with Crippen molar-refractivity contribution in [1.82, 2.24) is 0 Å². The van der Waals surface area contributed by atoms with E-state index in [1.165, 1.54) is 6.07 Å². The van der Waals surface area contributed by atoms with Gasteiger partial charge in [0.05, 0.1) is 25.3 Å². The van der Waals surface area contributed by atoms with Gasteiger partial charge in [0.2, 0.25) is 0 Å². The largest absolute Gasteiger partial charge is 0.416 e. The van der Waals surface area contributed by atoms with E-state index in [0.717, 1.165) is 6.07 Å². The lowest BCUT2D eigenvalue weighted by molar-refractivity contribution is -0.138. The molecule has 2 rings (SSSR count). The Hall–Kier alpha value is -1.23. The minimum absolute atomic E-state index is 0. The number of hydrogen-bond acceptors (Lipinski definition) is 3. The van der Waals surface area contributed by atoms with Gasteiger partial charge in [0.25, 0.3) is 0 Å². The minimum Gasteiger partial charge on any atom is -0.378 e. The first-order chi connectivity index (χ1) is 9.88. The summed E-state index contributed by atoms with van der Waals surface area (Å²) < 4.78 is 44.7. The molecule has 0 aromatic heterocycles. The number of morpholine rings is 1. The summed E-state index contributed by atoms with van der Waals surface area (Å²) in [6.45, 7) is 1.98. The summed E-state index contributed by atoms with van der Waals surface area (Å²) in [7, 11) is 0. The van der Waals surface area contributed by atoms with Gasteiger partial charge in [-0.25, -0.2) is 4.99 Å². The van der Waals surface area contributed by atoms with Crippen molar-refractivity contribution >= 4 is 35.6 Å². The molecule has 0 spiro atoms. The molecule has 1 saturated heterocycles. The number of benzene rings is 1. The van der Waals surface area contributed by atoms with Crippen molar-refractivity contribution in [2.24, 2.45) is 16.5 Å². The number of aliphatic imine (C=N–C) groups is 1. The molecule has 1 aromatic rings. The second-order valence-corrected chi connectivity index (χ2v) is 4.68. The third-order valence-electron chi connectivity index (χ3n) is 3.21. The number of anilines is 1. The lowest BCUT2D eigenvalue weighted by Crippen LogP contribution is -2.36. The number of rotatable bonds is 3. The highest BCUT2D eigenvalue weighted by atomic mass is 127. The van der Waals surface area contributed by atoms with Crippen molar-refractivity contribution in [1.29, 1.82) is 0 Å². The van der Waals surface area contributed by atoms with Crippen LogP contribution in [-0.4, -0.2) is 32.3 Å². The van der Waals surface area contributed by atoms with E-state index in [2.05, 4.69) is 4.99 Å². The van der Waals surface area contributed by atoms with Gasteiger partial charge in [-0.2, -0.15) is 13.2 Å². The van der Waals surface area contributed by atoms with E-state index < -0.39 is 11.7 Å². The minimum atomic E-state index is -4.45. The lowest BCUT2D eigenvalue weighted by Gasteiger charge is -2.29. The SMILES string of the molecule is I.NC(N)=NCc1ccc(N2CCOCC2)cc1C(F)(F)F. The van der Waals surface area contributed by atoms with Gasteiger partial charge in [-0.05, 0) is 17.7 Å². The molecule has 1 heterocycles. The molecule has 1 fully saturated rings. The Morgan fingerprint density at radius 3 is 2.41 bits per heavy atom. The van der Waals surface area contributed by atoms with Crippen LogP contribution in [-0.2, 0) is 17.5 Å². The summed E-state index contributed by atoms with van der Waals surface area (Å²) in [5, 5.41) is 0. The van der Waals surface area contributed by atoms with Crippen LogP contribution in [0, 0.1) is 0 Å². The summed E-state index contributed by atoms with van der Waals surface area (Å²) in [6, 6.07) is 4.21. The molecule has 0 saturated carbocycles. The molecule has 1 aliphatic heterocycles. The Morgan fingerprint density at radius 1 is 1.23 bits per heavy atom. The highest BCUT2D eigenvalue weighted by Gasteiger charge is 2.34. The predicted molar refractivity (Wildman–Crippen MR) is 89.4 cm³/mol. The number of guanidine groups is 1. The van der Waals surface area contributed by atoms with Gasteiger partial charge in [0.1, 0.15) is 0 Å². The van der Waals surface area contributed by atoms with E-state index in [1.54, 1.807) is 6.07 Å². The van der Waals surface area contributed by atoms with Crippen LogP contribution in [0.5, 0.6) is 0 Å². The van der Waals surface area contributed by atoms with E-state index in [1.807, 2.05) is 4.90 Å². The number of halogens is 4. The van der Waals surface area contributed by atoms with Crippen LogP contribution < -0.4 is 16.4 Å². The molecule has 0 atom stereocenters. The molecule has 0 aliphatic carbocycles. The van der Waals surface area contributed by atoms with Crippen molar-refractivity contribution in [3.8, 4) is 0 Å². The van der Waals surface area contributed by atoms with Crippen LogP contribution in [0.25, 0.3) is 0 Å². The maximum atomic E-state index is 13.2. The molecule has 124 valence electrons. The second kappa shape index (κ2) is 7.86. The first-order valence-corrected chi connectivity index (χ1v) is 6.46. The van der Waals surface area contributed by atoms with Crippen LogP contribution in [0.4, 0.5) is 18.9 Å². The van der Waals surface area contributed by atoms with E-state index in [9.17, 15) is 13.2 Å².